The summed E-state index contributed by atoms with van der Waals surface area (Å²) in [7, 11) is 1.86. The van der Waals surface area contributed by atoms with E-state index in [1.165, 1.54) is 11.1 Å². The molecule has 1 aromatic carbocycles. The van der Waals surface area contributed by atoms with Gasteiger partial charge >= 0.3 is 0 Å². The maximum absolute atomic E-state index is 5.85. The van der Waals surface area contributed by atoms with E-state index < -0.39 is 0 Å². The second kappa shape index (κ2) is 6.06. The Balaban J connectivity index is 2.15. The summed E-state index contributed by atoms with van der Waals surface area (Å²) < 4.78 is 6.99. The van der Waals surface area contributed by atoms with Crippen molar-refractivity contribution >= 4 is 21.7 Å². The highest BCUT2D eigenvalue weighted by Crippen LogP contribution is 2.27. The van der Waals surface area contributed by atoms with Gasteiger partial charge in [0, 0.05) is 23.3 Å². The normalized spacial score (nSPS) is 10.3. The van der Waals surface area contributed by atoms with E-state index in [0.29, 0.717) is 6.61 Å². The average Bonchev–Trinajstić information content (AvgIpc) is 2.42. The molecule has 1 N–H and O–H groups in total. The van der Waals surface area contributed by atoms with Gasteiger partial charge in [-0.25, -0.2) is 4.98 Å². The predicted molar refractivity (Wildman–Crippen MR) is 81.7 cm³/mol. The zero-order valence-corrected chi connectivity index (χ0v) is 12.9. The first-order chi connectivity index (χ1) is 9.11. The summed E-state index contributed by atoms with van der Waals surface area (Å²) in [6, 6.07) is 7.99. The summed E-state index contributed by atoms with van der Waals surface area (Å²) >= 11 is 3.56. The monoisotopic (exact) mass is 320 g/mol. The minimum atomic E-state index is 0.504. The first-order valence-corrected chi connectivity index (χ1v) is 6.92. The van der Waals surface area contributed by atoms with E-state index in [2.05, 4.69) is 40.1 Å². The lowest BCUT2D eigenvalue weighted by molar-refractivity contribution is 0.306. The number of halogens is 1. The van der Waals surface area contributed by atoms with Gasteiger partial charge in [-0.05, 0) is 43.2 Å². The smallest absolute Gasteiger partial charge is 0.132 e. The molecule has 0 bridgehead atoms. The van der Waals surface area contributed by atoms with Gasteiger partial charge < -0.3 is 10.1 Å². The number of anilines is 1. The molecular formula is C15H17BrN2O. The Morgan fingerprint density at radius 3 is 2.58 bits per heavy atom. The maximum atomic E-state index is 5.85. The first-order valence-electron chi connectivity index (χ1n) is 6.13. The second-order valence-corrected chi connectivity index (χ2v) is 5.21. The third kappa shape index (κ3) is 3.26. The molecule has 2 aromatic rings. The number of nitrogens with zero attached hydrogens (tertiary/aromatic N) is 1. The predicted octanol–water partition coefficient (Wildman–Crippen LogP) is 4.08. The molecule has 4 heteroatoms. The lowest BCUT2D eigenvalue weighted by Crippen LogP contribution is -2.02. The van der Waals surface area contributed by atoms with Gasteiger partial charge in [0.05, 0.1) is 0 Å². The van der Waals surface area contributed by atoms with Crippen LogP contribution < -0.4 is 10.1 Å². The fourth-order valence-electron chi connectivity index (χ4n) is 1.93. The summed E-state index contributed by atoms with van der Waals surface area (Å²) in [6.45, 7) is 4.63. The van der Waals surface area contributed by atoms with Gasteiger partial charge in [0.25, 0.3) is 0 Å². The van der Waals surface area contributed by atoms with E-state index in [1.54, 1.807) is 6.20 Å². The van der Waals surface area contributed by atoms with Crippen molar-refractivity contribution in [3.05, 3.63) is 51.6 Å². The number of ether oxygens (including phenoxy) is 1. The van der Waals surface area contributed by atoms with Gasteiger partial charge in [-0.1, -0.05) is 22.0 Å². The van der Waals surface area contributed by atoms with E-state index in [1.807, 2.05) is 31.3 Å². The molecule has 0 fully saturated rings. The summed E-state index contributed by atoms with van der Waals surface area (Å²) in [5.41, 5.74) is 3.40. The van der Waals surface area contributed by atoms with E-state index in [-0.39, 0.29) is 0 Å². The number of aromatic nitrogens is 1. The number of hydrogen-bond acceptors (Lipinski definition) is 3. The van der Waals surface area contributed by atoms with Crippen LogP contribution in [-0.2, 0) is 6.61 Å². The zero-order chi connectivity index (χ0) is 13.8. The van der Waals surface area contributed by atoms with Crippen molar-refractivity contribution in [1.82, 2.24) is 4.98 Å². The van der Waals surface area contributed by atoms with Crippen LogP contribution in [0.25, 0.3) is 0 Å². The van der Waals surface area contributed by atoms with Crippen molar-refractivity contribution in [3.63, 3.8) is 0 Å². The molecule has 0 aliphatic rings. The Kier molecular flexibility index (Phi) is 4.43. The SMILES string of the molecule is CNc1ncccc1COc1cc(C)c(Br)c(C)c1. The molecule has 0 saturated carbocycles. The molecule has 19 heavy (non-hydrogen) atoms. The number of rotatable bonds is 4. The van der Waals surface area contributed by atoms with E-state index >= 15 is 0 Å². The standard InChI is InChI=1S/C15H17BrN2O/c1-10-7-13(8-11(2)14(10)16)19-9-12-5-4-6-18-15(12)17-3/h4-8H,9H2,1-3H3,(H,17,18). The second-order valence-electron chi connectivity index (χ2n) is 4.42. The van der Waals surface area contributed by atoms with Crippen molar-refractivity contribution in [3.8, 4) is 5.75 Å². The topological polar surface area (TPSA) is 34.2 Å². The van der Waals surface area contributed by atoms with Crippen LogP contribution in [0.5, 0.6) is 5.75 Å². The van der Waals surface area contributed by atoms with Gasteiger partial charge in [0.1, 0.15) is 18.2 Å². The zero-order valence-electron chi connectivity index (χ0n) is 11.3. The van der Waals surface area contributed by atoms with E-state index in [4.69, 9.17) is 4.74 Å². The van der Waals surface area contributed by atoms with Crippen LogP contribution in [0, 0.1) is 13.8 Å². The third-order valence-corrected chi connectivity index (χ3v) is 4.18. The highest BCUT2D eigenvalue weighted by atomic mass is 79.9. The number of benzene rings is 1. The Labute approximate surface area is 122 Å². The Morgan fingerprint density at radius 2 is 1.95 bits per heavy atom. The summed E-state index contributed by atoms with van der Waals surface area (Å²) in [6.07, 6.45) is 1.77. The van der Waals surface area contributed by atoms with Gasteiger partial charge in [-0.15, -0.1) is 0 Å². The van der Waals surface area contributed by atoms with Crippen molar-refractivity contribution in [2.75, 3.05) is 12.4 Å². The molecule has 0 atom stereocenters. The quantitative estimate of drug-likeness (QED) is 0.921. The number of aryl methyl sites for hydroxylation is 2. The van der Waals surface area contributed by atoms with Gasteiger partial charge in [0.2, 0.25) is 0 Å². The highest BCUT2D eigenvalue weighted by molar-refractivity contribution is 9.10. The average molecular weight is 321 g/mol. The molecule has 0 amide bonds. The summed E-state index contributed by atoms with van der Waals surface area (Å²) in [4.78, 5) is 4.26. The van der Waals surface area contributed by atoms with Gasteiger partial charge in [-0.3, -0.25) is 0 Å². The summed E-state index contributed by atoms with van der Waals surface area (Å²) in [5, 5.41) is 3.07. The molecule has 2 rings (SSSR count). The van der Waals surface area contributed by atoms with Crippen LogP contribution in [0.3, 0.4) is 0 Å². The molecule has 100 valence electrons. The largest absolute Gasteiger partial charge is 0.489 e. The van der Waals surface area contributed by atoms with Crippen molar-refractivity contribution in [1.29, 1.82) is 0 Å². The number of nitrogens with one attached hydrogen (secondary N) is 1. The fourth-order valence-corrected chi connectivity index (χ4v) is 2.16. The molecular weight excluding hydrogens is 304 g/mol. The molecule has 0 aliphatic heterocycles. The Hall–Kier alpha value is -1.55. The van der Waals surface area contributed by atoms with Crippen LogP contribution in [0.1, 0.15) is 16.7 Å². The molecule has 0 radical (unpaired) electrons. The lowest BCUT2D eigenvalue weighted by Gasteiger charge is -2.12. The van der Waals surface area contributed by atoms with Crippen LogP contribution in [0.15, 0.2) is 34.9 Å². The van der Waals surface area contributed by atoms with Crippen LogP contribution in [-0.4, -0.2) is 12.0 Å². The Morgan fingerprint density at radius 1 is 1.26 bits per heavy atom. The van der Waals surface area contributed by atoms with Crippen molar-refractivity contribution < 1.29 is 4.74 Å². The minimum absolute atomic E-state index is 0.504. The molecule has 0 saturated heterocycles. The fraction of sp³-hybridized carbons (Fsp3) is 0.267. The lowest BCUT2D eigenvalue weighted by atomic mass is 10.1. The van der Waals surface area contributed by atoms with Crippen LogP contribution in [0.2, 0.25) is 0 Å². The van der Waals surface area contributed by atoms with E-state index in [0.717, 1.165) is 21.6 Å². The van der Waals surface area contributed by atoms with Crippen LogP contribution >= 0.6 is 15.9 Å². The maximum Gasteiger partial charge on any atom is 0.132 e. The number of hydrogen-bond donors (Lipinski definition) is 1. The minimum Gasteiger partial charge on any atom is -0.489 e. The molecule has 1 heterocycles. The van der Waals surface area contributed by atoms with Crippen molar-refractivity contribution in [2.45, 2.75) is 20.5 Å². The Bertz CT molecular complexity index is 561. The highest BCUT2D eigenvalue weighted by Gasteiger charge is 2.05. The first kappa shape index (κ1) is 13.9. The van der Waals surface area contributed by atoms with Crippen molar-refractivity contribution in [2.24, 2.45) is 0 Å². The van der Waals surface area contributed by atoms with Gasteiger partial charge in [0.15, 0.2) is 0 Å². The number of pyridine rings is 1. The molecule has 1 aromatic heterocycles. The molecule has 0 aliphatic carbocycles. The summed E-state index contributed by atoms with van der Waals surface area (Å²) in [5.74, 6) is 1.73. The third-order valence-electron chi connectivity index (χ3n) is 2.93. The van der Waals surface area contributed by atoms with Gasteiger partial charge in [-0.2, -0.15) is 0 Å². The van der Waals surface area contributed by atoms with E-state index in [9.17, 15) is 0 Å². The molecule has 0 spiro atoms. The van der Waals surface area contributed by atoms with Crippen LogP contribution in [0.4, 0.5) is 5.82 Å². The molecule has 3 nitrogen and oxygen atoms in total. The molecule has 0 unspecified atom stereocenters.